The van der Waals surface area contributed by atoms with Crippen molar-refractivity contribution < 1.29 is 38.1 Å². The summed E-state index contributed by atoms with van der Waals surface area (Å²) in [4.78, 5) is 75.3. The number of carbonyl (C=O) groups is 4. The van der Waals surface area contributed by atoms with Crippen LogP contribution in [0.5, 0.6) is 0 Å². The molecule has 18 heteroatoms. The van der Waals surface area contributed by atoms with E-state index in [4.69, 9.17) is 23.9 Å². The van der Waals surface area contributed by atoms with Crippen LogP contribution in [0.2, 0.25) is 0 Å². The number of nitrogens with zero attached hydrogens (tertiary/aromatic N) is 4. The highest BCUT2D eigenvalue weighted by Gasteiger charge is 2.39. The van der Waals surface area contributed by atoms with E-state index < -0.39 is 30.6 Å². The second-order valence-corrected chi connectivity index (χ2v) is 17.8. The number of aromatic nitrogens is 4. The number of amides is 4. The molecule has 16 nitrogen and oxygen atoms in total. The van der Waals surface area contributed by atoms with E-state index in [1.54, 1.807) is 33.8 Å². The molecule has 4 aromatic rings. The minimum absolute atomic E-state index is 0.0698. The maximum atomic E-state index is 13.6. The summed E-state index contributed by atoms with van der Waals surface area (Å²) >= 11 is 3.39. The number of aromatic amines is 2. The summed E-state index contributed by atoms with van der Waals surface area (Å²) < 4.78 is 21.9. The van der Waals surface area contributed by atoms with E-state index in [0.29, 0.717) is 37.8 Å². The molecule has 4 N–H and O–H groups in total. The molecule has 0 aliphatic carbocycles. The molecule has 3 aliphatic rings. The SMILES string of the molecule is COC(=O)N[C@H](C(=O)N1CCC[C@H]1c1ncc(-c2ccc(-c3ccc(C4COC(c5cnc([C@@H]6CCCN6C(=O)[C@@H](NC(=O)OC)C(C)C)[nH]5)OC4)s3)s2)[nH]1)C(C)C. The molecule has 3 fully saturated rings. The molecule has 0 bridgehead atoms. The van der Waals surface area contributed by atoms with Gasteiger partial charge in [0.25, 0.3) is 0 Å². The third kappa shape index (κ3) is 8.79. The molecule has 0 spiro atoms. The van der Waals surface area contributed by atoms with Gasteiger partial charge in [0.15, 0.2) is 0 Å². The molecular formula is C40H52N8O8S2. The zero-order chi connectivity index (χ0) is 41.1. The van der Waals surface area contributed by atoms with E-state index in [1.165, 1.54) is 19.1 Å². The fourth-order valence-corrected chi connectivity index (χ4v) is 9.96. The van der Waals surface area contributed by atoms with Crippen LogP contribution in [0.25, 0.3) is 20.3 Å². The first kappa shape index (κ1) is 41.4. The van der Waals surface area contributed by atoms with Crippen LogP contribution in [0.3, 0.4) is 0 Å². The van der Waals surface area contributed by atoms with Gasteiger partial charge in [0.05, 0.1) is 68.2 Å². The highest BCUT2D eigenvalue weighted by atomic mass is 32.1. The predicted molar refractivity (Wildman–Crippen MR) is 217 cm³/mol. The summed E-state index contributed by atoms with van der Waals surface area (Å²) in [5, 5.41) is 5.39. The summed E-state index contributed by atoms with van der Waals surface area (Å²) in [5.74, 6) is 0.951. The van der Waals surface area contributed by atoms with Crippen LogP contribution >= 0.6 is 22.7 Å². The van der Waals surface area contributed by atoms with Gasteiger partial charge in [0.1, 0.15) is 23.7 Å². The molecule has 0 radical (unpaired) electrons. The Morgan fingerprint density at radius 1 is 0.741 bits per heavy atom. The fourth-order valence-electron chi connectivity index (χ4n) is 7.82. The van der Waals surface area contributed by atoms with Gasteiger partial charge in [-0.3, -0.25) is 9.59 Å². The van der Waals surface area contributed by atoms with E-state index in [2.05, 4.69) is 49.9 Å². The molecule has 3 aliphatic heterocycles. The molecule has 7 rings (SSSR count). The molecule has 7 heterocycles. The Hall–Kier alpha value is -4.78. The van der Waals surface area contributed by atoms with Crippen molar-refractivity contribution in [3.05, 3.63) is 58.9 Å². The Morgan fingerprint density at radius 2 is 1.26 bits per heavy atom. The van der Waals surface area contributed by atoms with Gasteiger partial charge in [-0.25, -0.2) is 19.6 Å². The van der Waals surface area contributed by atoms with Crippen LogP contribution in [0.4, 0.5) is 9.59 Å². The average Bonchev–Trinajstić information content (AvgIpc) is 4.07. The zero-order valence-electron chi connectivity index (χ0n) is 33.6. The number of alkyl carbamates (subject to hydrolysis) is 2. The Labute approximate surface area is 345 Å². The Bertz CT molecular complexity index is 2070. The minimum Gasteiger partial charge on any atom is -0.453 e. The summed E-state index contributed by atoms with van der Waals surface area (Å²) in [6, 6.07) is 6.63. The summed E-state index contributed by atoms with van der Waals surface area (Å²) in [6.45, 7) is 9.72. The van der Waals surface area contributed by atoms with Crippen LogP contribution in [-0.4, -0.2) is 106 Å². The Balaban J connectivity index is 0.947. The topological polar surface area (TPSA) is 193 Å². The van der Waals surface area contributed by atoms with Crippen LogP contribution in [-0.2, 0) is 28.5 Å². The van der Waals surface area contributed by atoms with E-state index >= 15 is 0 Å². The fraction of sp³-hybridized carbons (Fsp3) is 0.550. The lowest BCUT2D eigenvalue weighted by Gasteiger charge is -2.30. The largest absolute Gasteiger partial charge is 0.453 e. The number of rotatable bonds is 12. The highest BCUT2D eigenvalue weighted by Crippen LogP contribution is 2.41. The number of methoxy groups -OCH3 is 2. The van der Waals surface area contributed by atoms with Gasteiger partial charge >= 0.3 is 12.2 Å². The number of imidazole rings is 2. The quantitative estimate of drug-likeness (QED) is 0.122. The number of nitrogens with one attached hydrogen (secondary N) is 4. The monoisotopic (exact) mass is 836 g/mol. The molecule has 3 saturated heterocycles. The normalized spacial score (nSPS) is 22.0. The summed E-state index contributed by atoms with van der Waals surface area (Å²) in [7, 11) is 2.57. The predicted octanol–water partition coefficient (Wildman–Crippen LogP) is 6.51. The molecule has 4 atom stereocenters. The lowest BCUT2D eigenvalue weighted by atomic mass is 10.0. The van der Waals surface area contributed by atoms with Gasteiger partial charge in [0.2, 0.25) is 18.1 Å². The lowest BCUT2D eigenvalue weighted by molar-refractivity contribution is -0.193. The van der Waals surface area contributed by atoms with Gasteiger partial charge in [-0.1, -0.05) is 27.7 Å². The van der Waals surface area contributed by atoms with Crippen molar-refractivity contribution in [2.45, 2.75) is 89.8 Å². The van der Waals surface area contributed by atoms with Gasteiger partial charge in [-0.15, -0.1) is 22.7 Å². The number of ether oxygens (including phenoxy) is 4. The van der Waals surface area contributed by atoms with E-state index in [-0.39, 0.29) is 41.7 Å². The number of hydrogen-bond acceptors (Lipinski definition) is 12. The van der Waals surface area contributed by atoms with Crippen molar-refractivity contribution in [3.8, 4) is 20.3 Å². The Morgan fingerprint density at radius 3 is 1.83 bits per heavy atom. The Kier molecular flexibility index (Phi) is 12.8. The molecule has 4 aromatic heterocycles. The van der Waals surface area contributed by atoms with Crippen LogP contribution < -0.4 is 10.6 Å². The lowest BCUT2D eigenvalue weighted by Crippen LogP contribution is -2.51. The number of thiophene rings is 2. The first-order valence-corrected chi connectivity index (χ1v) is 21.4. The minimum atomic E-state index is -0.704. The zero-order valence-corrected chi connectivity index (χ0v) is 35.2. The van der Waals surface area contributed by atoms with E-state index in [1.807, 2.05) is 38.8 Å². The van der Waals surface area contributed by atoms with Crippen molar-refractivity contribution in [2.75, 3.05) is 40.5 Å². The second kappa shape index (κ2) is 18.0. The average molecular weight is 837 g/mol. The molecule has 312 valence electrons. The van der Waals surface area contributed by atoms with Crippen molar-refractivity contribution in [1.82, 2.24) is 40.4 Å². The second-order valence-electron chi connectivity index (χ2n) is 15.6. The first-order chi connectivity index (χ1) is 27.9. The van der Waals surface area contributed by atoms with Gasteiger partial charge < -0.3 is 49.3 Å². The van der Waals surface area contributed by atoms with Crippen LogP contribution in [0, 0.1) is 11.8 Å². The molecule has 58 heavy (non-hydrogen) atoms. The van der Waals surface area contributed by atoms with E-state index in [0.717, 1.165) is 51.8 Å². The van der Waals surface area contributed by atoms with Crippen molar-refractivity contribution in [3.63, 3.8) is 0 Å². The number of carbonyl (C=O) groups excluding carboxylic acids is 4. The standard InChI is InChI=1S/C40H52N8O8S2/c1-21(2)32(45-39(51)53-5)36(49)47-15-7-9-26(47)34-41-17-24(43-34)29-12-14-31(58-29)30-13-11-28(57-30)23-19-55-38(56-20-23)25-18-42-35(44-25)27-10-8-16-48(27)37(50)33(22(3)4)46-40(52)54-6/h11-14,17-18,21-23,26-27,32-33,38H,7-10,15-16,19-20H2,1-6H3,(H,41,43)(H,42,44)(H,45,51)(H,46,52)/t23?,26-,27-,32-,33-,38?/m0/s1. The summed E-state index contributed by atoms with van der Waals surface area (Å²) in [6.07, 6.45) is 4.89. The smallest absolute Gasteiger partial charge is 0.407 e. The maximum absolute atomic E-state index is 13.6. The molecule has 0 unspecified atom stereocenters. The van der Waals surface area contributed by atoms with Gasteiger partial charge in [0, 0.05) is 33.6 Å². The van der Waals surface area contributed by atoms with Gasteiger partial charge in [-0.05, 0) is 61.8 Å². The number of hydrogen-bond donors (Lipinski definition) is 4. The van der Waals surface area contributed by atoms with Crippen molar-refractivity contribution in [2.24, 2.45) is 11.8 Å². The number of H-pyrrole nitrogens is 2. The van der Waals surface area contributed by atoms with Crippen LogP contribution in [0.15, 0.2) is 36.7 Å². The molecule has 4 amide bonds. The number of likely N-dealkylation sites (tertiary alicyclic amines) is 2. The van der Waals surface area contributed by atoms with Crippen molar-refractivity contribution in [1.29, 1.82) is 0 Å². The molecule has 0 saturated carbocycles. The third-order valence-electron chi connectivity index (χ3n) is 11.0. The van der Waals surface area contributed by atoms with Crippen molar-refractivity contribution >= 4 is 46.7 Å². The third-order valence-corrected chi connectivity index (χ3v) is 13.6. The highest BCUT2D eigenvalue weighted by molar-refractivity contribution is 7.23. The first-order valence-electron chi connectivity index (χ1n) is 19.8. The molecular weight excluding hydrogens is 785 g/mol. The van der Waals surface area contributed by atoms with Crippen LogP contribution in [0.1, 0.15) is 99.9 Å². The van der Waals surface area contributed by atoms with E-state index in [9.17, 15) is 19.2 Å². The summed E-state index contributed by atoms with van der Waals surface area (Å²) in [5.41, 5.74) is 1.59. The molecule has 0 aromatic carbocycles. The van der Waals surface area contributed by atoms with Gasteiger partial charge in [-0.2, -0.15) is 0 Å². The maximum Gasteiger partial charge on any atom is 0.407 e.